The molecule has 21 heavy (non-hydrogen) atoms. The van der Waals surface area contributed by atoms with Crippen LogP contribution in [0.5, 0.6) is 0 Å². The first kappa shape index (κ1) is 15.3. The molecule has 0 amide bonds. The third-order valence-corrected chi connectivity index (χ3v) is 5.65. The number of nitrogens with one attached hydrogen (secondary N) is 1. The van der Waals surface area contributed by atoms with Crippen LogP contribution in [0.3, 0.4) is 0 Å². The fourth-order valence-electron chi connectivity index (χ4n) is 4.43. The van der Waals surface area contributed by atoms with Crippen molar-refractivity contribution in [1.82, 2.24) is 5.32 Å². The summed E-state index contributed by atoms with van der Waals surface area (Å²) in [5, 5.41) is 4.31. The number of rotatable bonds is 6. The average molecular weight is 310 g/mol. The molecule has 1 nitrogen and oxygen atoms in total. The summed E-state index contributed by atoms with van der Waals surface area (Å²) in [6.45, 7) is 3.20. The van der Waals surface area contributed by atoms with Gasteiger partial charge in [-0.25, -0.2) is 4.39 Å². The molecular formula is C18H25ClFN. The molecule has 3 heteroatoms. The third-order valence-electron chi connectivity index (χ3n) is 5.41. The minimum atomic E-state index is -0.120. The predicted molar refractivity (Wildman–Crippen MR) is 86.1 cm³/mol. The van der Waals surface area contributed by atoms with Gasteiger partial charge < -0.3 is 5.32 Å². The fourth-order valence-corrected chi connectivity index (χ4v) is 4.62. The minimum Gasteiger partial charge on any atom is -0.313 e. The standard InChI is InChI=1S/C18H25ClFN/c1-2-7-21-18(16-9-12-3-4-13(16)8-12)11-14-10-15(19)5-6-17(14)20/h5-6,10,12-13,16,18,21H,2-4,7-9,11H2,1H3. The summed E-state index contributed by atoms with van der Waals surface area (Å²) in [4.78, 5) is 0. The minimum absolute atomic E-state index is 0.120. The maximum absolute atomic E-state index is 14.0. The first-order valence-corrected chi connectivity index (χ1v) is 8.72. The number of hydrogen-bond donors (Lipinski definition) is 1. The second kappa shape index (κ2) is 6.66. The van der Waals surface area contributed by atoms with Gasteiger partial charge >= 0.3 is 0 Å². The molecule has 3 rings (SSSR count). The highest BCUT2D eigenvalue weighted by atomic mass is 35.5. The highest BCUT2D eigenvalue weighted by Crippen LogP contribution is 2.50. The van der Waals surface area contributed by atoms with Crippen LogP contribution in [0.4, 0.5) is 4.39 Å². The Bertz CT molecular complexity index is 490. The monoisotopic (exact) mass is 309 g/mol. The van der Waals surface area contributed by atoms with Crippen molar-refractivity contribution in [3.63, 3.8) is 0 Å². The van der Waals surface area contributed by atoms with E-state index in [1.54, 1.807) is 12.1 Å². The van der Waals surface area contributed by atoms with Crippen LogP contribution in [0.25, 0.3) is 0 Å². The van der Waals surface area contributed by atoms with Crippen molar-refractivity contribution < 1.29 is 4.39 Å². The Balaban J connectivity index is 1.74. The van der Waals surface area contributed by atoms with Crippen molar-refractivity contribution in [3.05, 3.63) is 34.6 Å². The van der Waals surface area contributed by atoms with E-state index in [4.69, 9.17) is 11.6 Å². The first-order valence-electron chi connectivity index (χ1n) is 8.34. The van der Waals surface area contributed by atoms with Crippen molar-refractivity contribution in [2.45, 2.75) is 51.5 Å². The second-order valence-electron chi connectivity index (χ2n) is 6.84. The van der Waals surface area contributed by atoms with Gasteiger partial charge in [-0.1, -0.05) is 24.9 Å². The Hall–Kier alpha value is -0.600. The van der Waals surface area contributed by atoms with Crippen molar-refractivity contribution in [3.8, 4) is 0 Å². The third kappa shape index (κ3) is 3.43. The average Bonchev–Trinajstić information content (AvgIpc) is 3.09. The zero-order valence-electron chi connectivity index (χ0n) is 12.7. The van der Waals surface area contributed by atoms with Gasteiger partial charge in [0.05, 0.1) is 0 Å². The van der Waals surface area contributed by atoms with E-state index in [2.05, 4.69) is 12.2 Å². The lowest BCUT2D eigenvalue weighted by atomic mass is 9.81. The molecule has 0 heterocycles. The van der Waals surface area contributed by atoms with E-state index in [1.807, 2.05) is 0 Å². The number of hydrogen-bond acceptors (Lipinski definition) is 1. The van der Waals surface area contributed by atoms with Crippen molar-refractivity contribution >= 4 is 11.6 Å². The molecule has 0 saturated heterocycles. The van der Waals surface area contributed by atoms with Gasteiger partial charge in [0, 0.05) is 11.1 Å². The quantitative estimate of drug-likeness (QED) is 0.794. The second-order valence-corrected chi connectivity index (χ2v) is 7.28. The molecule has 4 unspecified atom stereocenters. The van der Waals surface area contributed by atoms with Crippen LogP contribution in [-0.4, -0.2) is 12.6 Å². The molecule has 116 valence electrons. The van der Waals surface area contributed by atoms with Crippen molar-refractivity contribution in [2.75, 3.05) is 6.54 Å². The van der Waals surface area contributed by atoms with E-state index >= 15 is 0 Å². The van der Waals surface area contributed by atoms with E-state index in [0.29, 0.717) is 17.0 Å². The summed E-state index contributed by atoms with van der Waals surface area (Å²) < 4.78 is 14.0. The number of fused-ring (bicyclic) bond motifs is 2. The zero-order chi connectivity index (χ0) is 14.8. The van der Waals surface area contributed by atoms with Crippen LogP contribution in [0.1, 0.15) is 44.6 Å². The lowest BCUT2D eigenvalue weighted by molar-refractivity contribution is 0.245. The Labute approximate surface area is 132 Å². The van der Waals surface area contributed by atoms with E-state index < -0.39 is 0 Å². The molecule has 2 saturated carbocycles. The molecule has 0 spiro atoms. The van der Waals surface area contributed by atoms with Crippen LogP contribution in [0.15, 0.2) is 18.2 Å². The Morgan fingerprint density at radius 3 is 2.86 bits per heavy atom. The molecular weight excluding hydrogens is 285 g/mol. The molecule has 0 aromatic heterocycles. The Kier molecular flexibility index (Phi) is 4.85. The molecule has 4 atom stereocenters. The van der Waals surface area contributed by atoms with Crippen LogP contribution in [-0.2, 0) is 6.42 Å². The van der Waals surface area contributed by atoms with Gasteiger partial charge in [0.2, 0.25) is 0 Å². The highest BCUT2D eigenvalue weighted by molar-refractivity contribution is 6.30. The summed E-state index contributed by atoms with van der Waals surface area (Å²) in [5.74, 6) is 2.38. The van der Waals surface area contributed by atoms with Crippen LogP contribution >= 0.6 is 11.6 Å². The summed E-state index contributed by atoms with van der Waals surface area (Å²) in [5.41, 5.74) is 0.763. The van der Waals surface area contributed by atoms with Crippen molar-refractivity contribution in [1.29, 1.82) is 0 Å². The molecule has 1 aromatic carbocycles. The van der Waals surface area contributed by atoms with Crippen molar-refractivity contribution in [2.24, 2.45) is 17.8 Å². The van der Waals surface area contributed by atoms with E-state index in [1.165, 1.54) is 31.7 Å². The summed E-state index contributed by atoms with van der Waals surface area (Å²) in [6.07, 6.45) is 7.39. The predicted octanol–water partition coefficient (Wildman–Crippen LogP) is 4.83. The Morgan fingerprint density at radius 1 is 1.33 bits per heavy atom. The molecule has 2 aliphatic carbocycles. The molecule has 1 N–H and O–H groups in total. The molecule has 2 bridgehead atoms. The molecule has 2 fully saturated rings. The van der Waals surface area contributed by atoms with Gasteiger partial charge in [0.1, 0.15) is 5.82 Å². The molecule has 0 aliphatic heterocycles. The lowest BCUT2D eigenvalue weighted by Crippen LogP contribution is -2.41. The summed E-state index contributed by atoms with van der Waals surface area (Å²) in [6, 6.07) is 5.32. The zero-order valence-corrected chi connectivity index (χ0v) is 13.5. The van der Waals surface area contributed by atoms with Gasteiger partial charge in [0.25, 0.3) is 0 Å². The smallest absolute Gasteiger partial charge is 0.126 e. The summed E-state index contributed by atoms with van der Waals surface area (Å²) >= 11 is 6.04. The van der Waals surface area contributed by atoms with E-state index in [0.717, 1.165) is 36.8 Å². The molecule has 1 aromatic rings. The maximum atomic E-state index is 14.0. The lowest BCUT2D eigenvalue weighted by Gasteiger charge is -2.31. The van der Waals surface area contributed by atoms with Crippen LogP contribution < -0.4 is 5.32 Å². The van der Waals surface area contributed by atoms with Gasteiger partial charge in [-0.2, -0.15) is 0 Å². The topological polar surface area (TPSA) is 12.0 Å². The first-order chi connectivity index (χ1) is 10.2. The van der Waals surface area contributed by atoms with E-state index in [9.17, 15) is 4.39 Å². The van der Waals surface area contributed by atoms with E-state index in [-0.39, 0.29) is 5.82 Å². The molecule has 2 aliphatic rings. The Morgan fingerprint density at radius 2 is 2.19 bits per heavy atom. The van der Waals surface area contributed by atoms with Crippen LogP contribution in [0.2, 0.25) is 5.02 Å². The normalized spacial score (nSPS) is 29.0. The number of benzene rings is 1. The highest BCUT2D eigenvalue weighted by Gasteiger charge is 2.42. The molecule has 0 radical (unpaired) electrons. The summed E-state index contributed by atoms with van der Waals surface area (Å²) in [7, 11) is 0. The van der Waals surface area contributed by atoms with Crippen LogP contribution in [0, 0.1) is 23.6 Å². The number of halogens is 2. The van der Waals surface area contributed by atoms with Gasteiger partial charge in [-0.15, -0.1) is 0 Å². The maximum Gasteiger partial charge on any atom is 0.126 e. The van der Waals surface area contributed by atoms with Gasteiger partial charge in [-0.05, 0) is 80.2 Å². The van der Waals surface area contributed by atoms with Gasteiger partial charge in [0.15, 0.2) is 0 Å². The fraction of sp³-hybridized carbons (Fsp3) is 0.667. The SMILES string of the molecule is CCCNC(Cc1cc(Cl)ccc1F)C1CC2CCC1C2. The van der Waals surface area contributed by atoms with Gasteiger partial charge in [-0.3, -0.25) is 0 Å². The largest absolute Gasteiger partial charge is 0.313 e.